The van der Waals surface area contributed by atoms with Crippen molar-refractivity contribution in [3.63, 3.8) is 0 Å². The zero-order chi connectivity index (χ0) is 16.5. The van der Waals surface area contributed by atoms with E-state index in [0.29, 0.717) is 6.04 Å². The minimum atomic E-state index is 0.288. The zero-order valence-corrected chi connectivity index (χ0v) is 14.9. The third-order valence-electron chi connectivity index (χ3n) is 4.87. The minimum Gasteiger partial charge on any atom is -0.454 e. The normalized spacial score (nSPS) is 17.8. The Labute approximate surface area is 146 Å². The van der Waals surface area contributed by atoms with E-state index in [1.54, 1.807) is 0 Å². The molecule has 0 spiro atoms. The van der Waals surface area contributed by atoms with Gasteiger partial charge in [-0.2, -0.15) is 11.8 Å². The van der Waals surface area contributed by atoms with Gasteiger partial charge in [0.2, 0.25) is 6.79 Å². The highest BCUT2D eigenvalue weighted by Gasteiger charge is 2.28. The van der Waals surface area contributed by atoms with Crippen molar-refractivity contribution in [1.82, 2.24) is 10.1 Å². The van der Waals surface area contributed by atoms with E-state index in [9.17, 15) is 0 Å². The highest BCUT2D eigenvalue weighted by molar-refractivity contribution is 7.98. The fraction of sp³-hybridized carbons (Fsp3) is 0.500. The lowest BCUT2D eigenvalue weighted by Crippen LogP contribution is -2.37. The summed E-state index contributed by atoms with van der Waals surface area (Å²) in [4.78, 5) is 2.53. The van der Waals surface area contributed by atoms with Crippen LogP contribution in [-0.2, 0) is 13.0 Å². The maximum absolute atomic E-state index is 5.62. The lowest BCUT2D eigenvalue weighted by Gasteiger charge is -2.31. The smallest absolute Gasteiger partial charge is 0.231 e. The lowest BCUT2D eigenvalue weighted by atomic mass is 9.99. The number of benzene rings is 1. The molecule has 0 fully saturated rings. The molecule has 0 radical (unpaired) electrons. The highest BCUT2D eigenvalue weighted by atomic mass is 32.2. The Hall–Kier alpha value is -1.66. The minimum absolute atomic E-state index is 0.288. The van der Waals surface area contributed by atoms with Crippen LogP contribution in [0.1, 0.15) is 24.7 Å². The number of nitrogens with zero attached hydrogens (tertiary/aromatic N) is 2. The van der Waals surface area contributed by atoms with Gasteiger partial charge in [-0.25, -0.2) is 0 Å². The summed E-state index contributed by atoms with van der Waals surface area (Å²) in [7, 11) is 0. The molecule has 1 aromatic carbocycles. The standard InChI is InChI=1S/C18H22N2O3S/c1-12(6-8-24-2)20-7-5-15-14(10-20)18(19-23-15)13-3-4-16-17(9-13)22-11-21-16/h3-4,9,12H,5-8,10-11H2,1-2H3/t12-/m0/s1. The van der Waals surface area contributed by atoms with Crippen LogP contribution in [-0.4, -0.2) is 41.4 Å². The second kappa shape index (κ2) is 6.69. The topological polar surface area (TPSA) is 47.7 Å². The Bertz CT molecular complexity index is 731. The van der Waals surface area contributed by atoms with E-state index in [0.717, 1.165) is 48.0 Å². The predicted molar refractivity (Wildman–Crippen MR) is 94.6 cm³/mol. The number of aromatic nitrogens is 1. The SMILES string of the molecule is CSCC[C@H](C)N1CCc2onc(-c3ccc4c(c3)OCO4)c2C1. The van der Waals surface area contributed by atoms with Crippen LogP contribution >= 0.6 is 11.8 Å². The van der Waals surface area contributed by atoms with Crippen molar-refractivity contribution < 1.29 is 14.0 Å². The second-order valence-electron chi connectivity index (χ2n) is 6.35. The van der Waals surface area contributed by atoms with E-state index >= 15 is 0 Å². The zero-order valence-electron chi connectivity index (χ0n) is 14.1. The van der Waals surface area contributed by atoms with Gasteiger partial charge in [-0.15, -0.1) is 0 Å². The van der Waals surface area contributed by atoms with Gasteiger partial charge in [-0.1, -0.05) is 5.16 Å². The van der Waals surface area contributed by atoms with Crippen LogP contribution in [0, 0.1) is 0 Å². The van der Waals surface area contributed by atoms with Gasteiger partial charge in [-0.3, -0.25) is 4.90 Å². The van der Waals surface area contributed by atoms with Crippen molar-refractivity contribution in [1.29, 1.82) is 0 Å². The van der Waals surface area contributed by atoms with Gasteiger partial charge in [0.05, 0.1) is 0 Å². The molecule has 4 rings (SSSR count). The van der Waals surface area contributed by atoms with Crippen LogP contribution < -0.4 is 9.47 Å². The Morgan fingerprint density at radius 1 is 1.29 bits per heavy atom. The molecule has 0 amide bonds. The van der Waals surface area contributed by atoms with E-state index in [2.05, 4.69) is 23.2 Å². The van der Waals surface area contributed by atoms with E-state index in [1.165, 1.54) is 17.7 Å². The Balaban J connectivity index is 1.58. The number of hydrogen-bond acceptors (Lipinski definition) is 6. The molecule has 128 valence electrons. The molecule has 24 heavy (non-hydrogen) atoms. The molecule has 0 saturated carbocycles. The van der Waals surface area contributed by atoms with Crippen LogP contribution in [0.3, 0.4) is 0 Å². The summed E-state index contributed by atoms with van der Waals surface area (Å²) < 4.78 is 16.5. The molecule has 5 nitrogen and oxygen atoms in total. The van der Waals surface area contributed by atoms with E-state index < -0.39 is 0 Å². The number of thioether (sulfide) groups is 1. The number of ether oxygens (including phenoxy) is 2. The first-order valence-corrected chi connectivity index (χ1v) is 9.76. The van der Waals surface area contributed by atoms with Gasteiger partial charge in [0.25, 0.3) is 0 Å². The third kappa shape index (κ3) is 2.89. The van der Waals surface area contributed by atoms with Gasteiger partial charge in [-0.05, 0) is 43.6 Å². The quantitative estimate of drug-likeness (QED) is 0.825. The van der Waals surface area contributed by atoms with E-state index in [-0.39, 0.29) is 6.79 Å². The Morgan fingerprint density at radius 3 is 3.04 bits per heavy atom. The van der Waals surface area contributed by atoms with Gasteiger partial charge >= 0.3 is 0 Å². The summed E-state index contributed by atoms with van der Waals surface area (Å²) in [5, 5.41) is 4.35. The van der Waals surface area contributed by atoms with Crippen molar-refractivity contribution >= 4 is 11.8 Å². The molecular formula is C18H22N2O3S. The highest BCUT2D eigenvalue weighted by Crippen LogP contribution is 2.38. The Morgan fingerprint density at radius 2 is 2.17 bits per heavy atom. The molecular weight excluding hydrogens is 324 g/mol. The van der Waals surface area contributed by atoms with E-state index in [4.69, 9.17) is 14.0 Å². The molecule has 0 bridgehead atoms. The van der Waals surface area contributed by atoms with E-state index in [1.807, 2.05) is 30.0 Å². The van der Waals surface area contributed by atoms with Gasteiger partial charge in [0, 0.05) is 36.7 Å². The molecule has 2 aliphatic heterocycles. The fourth-order valence-electron chi connectivity index (χ4n) is 3.35. The molecule has 0 saturated heterocycles. The lowest BCUT2D eigenvalue weighted by molar-refractivity contribution is 0.174. The summed E-state index contributed by atoms with van der Waals surface area (Å²) in [5.41, 5.74) is 3.18. The molecule has 1 aromatic heterocycles. The molecule has 0 N–H and O–H groups in total. The summed E-state index contributed by atoms with van der Waals surface area (Å²) in [6, 6.07) is 6.55. The fourth-order valence-corrected chi connectivity index (χ4v) is 3.92. The van der Waals surface area contributed by atoms with Crippen LogP contribution in [0.25, 0.3) is 11.3 Å². The summed E-state index contributed by atoms with van der Waals surface area (Å²) in [5.74, 6) is 3.80. The third-order valence-corrected chi connectivity index (χ3v) is 5.51. The molecule has 2 aliphatic rings. The van der Waals surface area contributed by atoms with Crippen molar-refractivity contribution in [2.45, 2.75) is 32.4 Å². The number of rotatable bonds is 5. The maximum Gasteiger partial charge on any atom is 0.231 e. The summed E-state index contributed by atoms with van der Waals surface area (Å²) in [6.45, 7) is 4.54. The van der Waals surface area contributed by atoms with Crippen molar-refractivity contribution in [3.8, 4) is 22.8 Å². The summed E-state index contributed by atoms with van der Waals surface area (Å²) >= 11 is 1.91. The molecule has 2 aromatic rings. The molecule has 0 unspecified atom stereocenters. The van der Waals surface area contributed by atoms with Crippen molar-refractivity contribution in [2.24, 2.45) is 0 Å². The van der Waals surface area contributed by atoms with Crippen molar-refractivity contribution in [2.75, 3.05) is 25.3 Å². The molecule has 0 aliphatic carbocycles. The van der Waals surface area contributed by atoms with Crippen molar-refractivity contribution in [3.05, 3.63) is 29.5 Å². The maximum atomic E-state index is 5.62. The van der Waals surface area contributed by atoms with Crippen LogP contribution in [0.15, 0.2) is 22.7 Å². The van der Waals surface area contributed by atoms with Crippen LogP contribution in [0.5, 0.6) is 11.5 Å². The first-order valence-electron chi connectivity index (χ1n) is 8.36. The first kappa shape index (κ1) is 15.8. The van der Waals surface area contributed by atoms with Gasteiger partial charge < -0.3 is 14.0 Å². The summed E-state index contributed by atoms with van der Waals surface area (Å²) in [6.07, 6.45) is 4.30. The predicted octanol–water partition coefficient (Wildman–Crippen LogP) is 3.57. The monoisotopic (exact) mass is 346 g/mol. The van der Waals surface area contributed by atoms with Gasteiger partial charge in [0.1, 0.15) is 11.5 Å². The van der Waals surface area contributed by atoms with Crippen LogP contribution in [0.2, 0.25) is 0 Å². The number of fused-ring (bicyclic) bond motifs is 2. The molecule has 6 heteroatoms. The van der Waals surface area contributed by atoms with Crippen LogP contribution in [0.4, 0.5) is 0 Å². The Kier molecular flexibility index (Phi) is 4.41. The van der Waals surface area contributed by atoms with Gasteiger partial charge in [0.15, 0.2) is 11.5 Å². The average Bonchev–Trinajstić information content (AvgIpc) is 3.24. The molecule has 3 heterocycles. The second-order valence-corrected chi connectivity index (χ2v) is 7.34. The average molecular weight is 346 g/mol. The number of hydrogen-bond donors (Lipinski definition) is 0. The molecule has 1 atom stereocenters. The largest absolute Gasteiger partial charge is 0.454 e. The first-order chi connectivity index (χ1) is 11.8.